The van der Waals surface area contributed by atoms with Gasteiger partial charge in [0.1, 0.15) is 0 Å². The highest BCUT2D eigenvalue weighted by Crippen LogP contribution is 2.15. The number of benzene rings is 1. The van der Waals surface area contributed by atoms with E-state index in [1.54, 1.807) is 6.07 Å². The molecular weight excluding hydrogens is 310 g/mol. The Morgan fingerprint density at radius 2 is 2.05 bits per heavy atom. The standard InChI is InChI=1S/C14H15NO4S2/c1-10-5-6-13(20-10)8-15-21(18,19)9-11-3-2-4-12(7-11)14(16)17/h2-7,15H,8-9H2,1H3,(H,16,17). The lowest BCUT2D eigenvalue weighted by Crippen LogP contribution is -2.24. The summed E-state index contributed by atoms with van der Waals surface area (Å²) >= 11 is 1.54. The van der Waals surface area contributed by atoms with Gasteiger partial charge in [-0.1, -0.05) is 12.1 Å². The molecule has 112 valence electrons. The number of carboxylic acids is 1. The summed E-state index contributed by atoms with van der Waals surface area (Å²) in [5, 5.41) is 8.90. The molecule has 2 rings (SSSR count). The third-order valence-electron chi connectivity index (χ3n) is 2.79. The predicted molar refractivity (Wildman–Crippen MR) is 81.9 cm³/mol. The zero-order valence-electron chi connectivity index (χ0n) is 11.4. The van der Waals surface area contributed by atoms with Crippen LogP contribution in [0.4, 0.5) is 0 Å². The fourth-order valence-electron chi connectivity index (χ4n) is 1.83. The van der Waals surface area contributed by atoms with E-state index in [0.29, 0.717) is 5.56 Å². The Bertz CT molecular complexity index is 750. The number of hydrogen-bond donors (Lipinski definition) is 2. The SMILES string of the molecule is Cc1ccc(CNS(=O)(=O)Cc2cccc(C(=O)O)c2)s1. The molecule has 5 nitrogen and oxygen atoms in total. The van der Waals surface area contributed by atoms with Gasteiger partial charge >= 0.3 is 5.97 Å². The molecule has 21 heavy (non-hydrogen) atoms. The number of thiophene rings is 1. The van der Waals surface area contributed by atoms with Crippen LogP contribution in [-0.2, 0) is 22.3 Å². The lowest BCUT2D eigenvalue weighted by Gasteiger charge is -2.06. The molecule has 0 aliphatic carbocycles. The normalized spacial score (nSPS) is 11.5. The first-order valence-corrected chi connectivity index (χ1v) is 8.67. The quantitative estimate of drug-likeness (QED) is 0.854. The third kappa shape index (κ3) is 4.66. The van der Waals surface area contributed by atoms with Crippen molar-refractivity contribution < 1.29 is 18.3 Å². The second kappa shape index (κ2) is 6.38. The van der Waals surface area contributed by atoms with Gasteiger partial charge in [-0.15, -0.1) is 11.3 Å². The molecule has 0 atom stereocenters. The molecule has 0 amide bonds. The molecule has 0 saturated heterocycles. The van der Waals surface area contributed by atoms with Crippen molar-refractivity contribution in [2.24, 2.45) is 0 Å². The minimum absolute atomic E-state index is 0.0802. The van der Waals surface area contributed by atoms with Gasteiger partial charge in [0.15, 0.2) is 0 Å². The lowest BCUT2D eigenvalue weighted by atomic mass is 10.1. The highest BCUT2D eigenvalue weighted by atomic mass is 32.2. The Morgan fingerprint density at radius 1 is 1.29 bits per heavy atom. The van der Waals surface area contributed by atoms with Gasteiger partial charge in [0.05, 0.1) is 11.3 Å². The van der Waals surface area contributed by atoms with Crippen LogP contribution in [0.25, 0.3) is 0 Å². The summed E-state index contributed by atoms with van der Waals surface area (Å²) in [5.41, 5.74) is 0.529. The van der Waals surface area contributed by atoms with Crippen LogP contribution >= 0.6 is 11.3 Å². The Hall–Kier alpha value is -1.70. The van der Waals surface area contributed by atoms with Crippen LogP contribution < -0.4 is 4.72 Å². The van der Waals surface area contributed by atoms with Gasteiger partial charge in [0.2, 0.25) is 10.0 Å². The summed E-state index contributed by atoms with van der Waals surface area (Å²) in [6, 6.07) is 9.76. The molecule has 1 aromatic carbocycles. The molecule has 1 heterocycles. The van der Waals surface area contributed by atoms with Crippen molar-refractivity contribution >= 4 is 27.3 Å². The van der Waals surface area contributed by atoms with E-state index in [0.717, 1.165) is 9.75 Å². The van der Waals surface area contributed by atoms with E-state index in [9.17, 15) is 13.2 Å². The van der Waals surface area contributed by atoms with Crippen LogP contribution in [0.1, 0.15) is 25.7 Å². The Kier molecular flexibility index (Phi) is 4.76. The summed E-state index contributed by atoms with van der Waals surface area (Å²) in [6.07, 6.45) is 0. The number of rotatable bonds is 6. The number of hydrogen-bond acceptors (Lipinski definition) is 4. The second-order valence-corrected chi connectivity index (χ2v) is 7.78. The summed E-state index contributed by atoms with van der Waals surface area (Å²) in [4.78, 5) is 12.9. The average Bonchev–Trinajstić information content (AvgIpc) is 2.82. The van der Waals surface area contributed by atoms with E-state index in [2.05, 4.69) is 4.72 Å². The van der Waals surface area contributed by atoms with E-state index in [1.807, 2.05) is 19.1 Å². The Balaban J connectivity index is 2.03. The molecule has 0 spiro atoms. The van der Waals surface area contributed by atoms with Crippen molar-refractivity contribution in [1.82, 2.24) is 4.72 Å². The number of aromatic carboxylic acids is 1. The van der Waals surface area contributed by atoms with E-state index < -0.39 is 16.0 Å². The van der Waals surface area contributed by atoms with Crippen molar-refractivity contribution in [3.05, 3.63) is 57.3 Å². The molecule has 0 radical (unpaired) electrons. The number of aryl methyl sites for hydroxylation is 1. The first-order valence-electron chi connectivity index (χ1n) is 6.20. The number of sulfonamides is 1. The molecule has 0 fully saturated rings. The second-order valence-electron chi connectivity index (χ2n) is 4.60. The fourth-order valence-corrected chi connectivity index (χ4v) is 3.84. The van der Waals surface area contributed by atoms with Crippen LogP contribution in [0.5, 0.6) is 0 Å². The molecule has 0 unspecified atom stereocenters. The minimum atomic E-state index is -3.50. The van der Waals surface area contributed by atoms with Gasteiger partial charge in [-0.05, 0) is 36.8 Å². The van der Waals surface area contributed by atoms with Gasteiger partial charge in [-0.3, -0.25) is 0 Å². The maximum atomic E-state index is 12.0. The van der Waals surface area contributed by atoms with Crippen molar-refractivity contribution in [2.75, 3.05) is 0 Å². The van der Waals surface area contributed by atoms with E-state index in [-0.39, 0.29) is 17.9 Å². The Morgan fingerprint density at radius 3 is 2.67 bits per heavy atom. The monoisotopic (exact) mass is 325 g/mol. The number of carboxylic acid groups (broad SMARTS) is 1. The van der Waals surface area contributed by atoms with Gasteiger partial charge < -0.3 is 5.11 Å². The first-order chi connectivity index (χ1) is 9.85. The molecule has 7 heteroatoms. The fraction of sp³-hybridized carbons (Fsp3) is 0.214. The minimum Gasteiger partial charge on any atom is -0.478 e. The predicted octanol–water partition coefficient (Wildman–Crippen LogP) is 2.37. The largest absolute Gasteiger partial charge is 0.478 e. The molecule has 0 bridgehead atoms. The lowest BCUT2D eigenvalue weighted by molar-refractivity contribution is 0.0696. The smallest absolute Gasteiger partial charge is 0.335 e. The highest BCUT2D eigenvalue weighted by molar-refractivity contribution is 7.88. The molecule has 2 N–H and O–H groups in total. The maximum absolute atomic E-state index is 12.0. The molecular formula is C14H15NO4S2. The molecule has 1 aromatic heterocycles. The maximum Gasteiger partial charge on any atom is 0.335 e. The Labute approximate surface area is 127 Å². The molecule has 2 aromatic rings. The number of carbonyl (C=O) groups is 1. The van der Waals surface area contributed by atoms with Crippen LogP contribution in [0.3, 0.4) is 0 Å². The highest BCUT2D eigenvalue weighted by Gasteiger charge is 2.13. The average molecular weight is 325 g/mol. The summed E-state index contributed by atoms with van der Waals surface area (Å²) in [7, 11) is -3.50. The molecule has 0 saturated carbocycles. The van der Waals surface area contributed by atoms with Crippen LogP contribution in [0, 0.1) is 6.92 Å². The van der Waals surface area contributed by atoms with Crippen LogP contribution in [0.2, 0.25) is 0 Å². The van der Waals surface area contributed by atoms with Crippen LogP contribution in [-0.4, -0.2) is 19.5 Å². The molecule has 0 aliphatic heterocycles. The van der Waals surface area contributed by atoms with Gasteiger partial charge in [0, 0.05) is 16.3 Å². The van der Waals surface area contributed by atoms with Gasteiger partial charge in [0.25, 0.3) is 0 Å². The van der Waals surface area contributed by atoms with E-state index in [4.69, 9.17) is 5.11 Å². The first kappa shape index (κ1) is 15.7. The zero-order chi connectivity index (χ0) is 15.5. The topological polar surface area (TPSA) is 83.5 Å². The van der Waals surface area contributed by atoms with Crippen molar-refractivity contribution in [3.63, 3.8) is 0 Å². The van der Waals surface area contributed by atoms with Gasteiger partial charge in [-0.25, -0.2) is 17.9 Å². The van der Waals surface area contributed by atoms with Gasteiger partial charge in [-0.2, -0.15) is 0 Å². The van der Waals surface area contributed by atoms with E-state index >= 15 is 0 Å². The summed E-state index contributed by atoms with van der Waals surface area (Å²) in [6.45, 7) is 2.21. The van der Waals surface area contributed by atoms with Crippen LogP contribution in [0.15, 0.2) is 36.4 Å². The van der Waals surface area contributed by atoms with Crippen molar-refractivity contribution in [1.29, 1.82) is 0 Å². The molecule has 0 aliphatic rings. The van der Waals surface area contributed by atoms with Crippen molar-refractivity contribution in [2.45, 2.75) is 19.2 Å². The summed E-state index contributed by atoms with van der Waals surface area (Å²) in [5.74, 6) is -1.31. The van der Waals surface area contributed by atoms with E-state index in [1.165, 1.54) is 29.5 Å². The van der Waals surface area contributed by atoms with Crippen molar-refractivity contribution in [3.8, 4) is 0 Å². The summed E-state index contributed by atoms with van der Waals surface area (Å²) < 4.78 is 26.5. The third-order valence-corrected chi connectivity index (χ3v) is 5.09. The number of nitrogens with one attached hydrogen (secondary N) is 1. The zero-order valence-corrected chi connectivity index (χ0v) is 13.0.